The van der Waals surface area contributed by atoms with Gasteiger partial charge in [0.1, 0.15) is 17.7 Å². The number of benzene rings is 2. The summed E-state index contributed by atoms with van der Waals surface area (Å²) in [5.74, 6) is -3.47. The number of para-hydroxylation sites is 1. The van der Waals surface area contributed by atoms with Crippen molar-refractivity contribution >= 4 is 29.4 Å². The predicted molar refractivity (Wildman–Crippen MR) is 182 cm³/mol. The molecule has 3 aliphatic heterocycles. The summed E-state index contributed by atoms with van der Waals surface area (Å²) in [6, 6.07) is 13.2. The summed E-state index contributed by atoms with van der Waals surface area (Å²) < 4.78 is 12.8. The van der Waals surface area contributed by atoms with Crippen molar-refractivity contribution in [3.05, 3.63) is 90.5 Å². The van der Waals surface area contributed by atoms with E-state index in [0.717, 1.165) is 16.8 Å². The number of fused-ring (bicyclic) bond motifs is 1. The molecule has 2 bridgehead atoms. The highest BCUT2D eigenvalue weighted by Gasteiger charge is 2.75. The largest absolute Gasteiger partial charge is 0.455 e. The Labute approximate surface area is 282 Å². The molecule has 256 valence electrons. The molecule has 3 fully saturated rings. The van der Waals surface area contributed by atoms with E-state index in [0.29, 0.717) is 31.2 Å². The van der Waals surface area contributed by atoms with Crippen LogP contribution < -0.4 is 10.2 Å². The average molecular weight is 658 g/mol. The summed E-state index contributed by atoms with van der Waals surface area (Å²) in [6.45, 7) is 13.2. The lowest BCUT2D eigenvalue weighted by atomic mass is 9.70. The minimum absolute atomic E-state index is 0.0513. The second-order valence-corrected chi connectivity index (χ2v) is 13.0. The van der Waals surface area contributed by atoms with Crippen molar-refractivity contribution in [3.8, 4) is 0 Å². The molecule has 0 aromatic heterocycles. The van der Waals surface area contributed by atoms with Crippen molar-refractivity contribution in [2.24, 2.45) is 11.8 Å². The number of amides is 3. The summed E-state index contributed by atoms with van der Waals surface area (Å²) >= 11 is 0. The smallest absolute Gasteiger partial charge is 0.313 e. The number of nitrogens with one attached hydrogen (secondary N) is 1. The maximum absolute atomic E-state index is 14.9. The van der Waals surface area contributed by atoms with E-state index >= 15 is 0 Å². The molecule has 1 spiro atoms. The van der Waals surface area contributed by atoms with Crippen molar-refractivity contribution in [2.45, 2.75) is 82.8 Å². The Hall–Kier alpha value is -4.28. The fourth-order valence-corrected chi connectivity index (χ4v) is 7.89. The van der Waals surface area contributed by atoms with Gasteiger partial charge in [0.2, 0.25) is 11.8 Å². The molecule has 48 heavy (non-hydrogen) atoms. The second-order valence-electron chi connectivity index (χ2n) is 13.0. The number of nitrogens with zero attached hydrogens (tertiary/aromatic N) is 2. The molecule has 3 amide bonds. The number of ether oxygens (including phenoxy) is 2. The van der Waals surface area contributed by atoms with E-state index in [1.165, 1.54) is 4.90 Å². The minimum atomic E-state index is -1.28. The number of carbonyl (C=O) groups excluding carboxylic acids is 4. The zero-order valence-corrected chi connectivity index (χ0v) is 28.1. The van der Waals surface area contributed by atoms with Crippen molar-refractivity contribution in [1.82, 2.24) is 10.2 Å². The molecule has 10 heteroatoms. The highest BCUT2D eigenvalue weighted by molar-refractivity contribution is 6.05. The third kappa shape index (κ3) is 6.31. The SMILES string of the molecule is C=CCCC(=O)NC[C@@H](OC(=O)[C@@H]1[C@@H]2CC[C@]3(O2)[C@H](C(=O)N(CC=C)c2c(C)cccc2C)N([C@@H](CC)CO)C(=O)[C@@H]13)c1ccccc1. The molecule has 3 heterocycles. The highest BCUT2D eigenvalue weighted by Crippen LogP contribution is 2.59. The van der Waals surface area contributed by atoms with E-state index < -0.39 is 53.6 Å². The lowest BCUT2D eigenvalue weighted by molar-refractivity contribution is -0.161. The Balaban J connectivity index is 1.50. The van der Waals surface area contributed by atoms with Crippen molar-refractivity contribution in [3.63, 3.8) is 0 Å². The molecule has 7 atom stereocenters. The number of likely N-dealkylation sites (tertiary alicyclic amines) is 1. The Kier molecular flexibility index (Phi) is 10.9. The molecule has 0 radical (unpaired) electrons. The van der Waals surface area contributed by atoms with Gasteiger partial charge in [-0.1, -0.05) is 67.6 Å². The summed E-state index contributed by atoms with van der Waals surface area (Å²) in [7, 11) is 0. The standard InChI is InChI=1S/C38H47N3O7/c1-6-9-18-30(43)39-22-29(26-16-11-10-12-17-26)47-37(46)31-28-19-20-38(48-28)32(31)35(44)41(27(8-3)23-42)34(38)36(45)40(21-7-2)33-24(4)14-13-15-25(33)5/h6-7,10-17,27-29,31-32,34,42H,1-2,8-9,18-23H2,3-5H3,(H,39,43)/t27-,28-,29+,31+,32+,34-,38+/m0/s1. The van der Waals surface area contributed by atoms with Crippen LogP contribution in [-0.2, 0) is 28.7 Å². The number of rotatable bonds is 15. The zero-order valence-electron chi connectivity index (χ0n) is 28.1. The van der Waals surface area contributed by atoms with E-state index in [2.05, 4.69) is 18.5 Å². The molecular formula is C38H47N3O7. The van der Waals surface area contributed by atoms with Gasteiger partial charge in [-0.05, 0) is 56.2 Å². The van der Waals surface area contributed by atoms with E-state index in [4.69, 9.17) is 9.47 Å². The molecular weight excluding hydrogens is 610 g/mol. The lowest BCUT2D eigenvalue weighted by Crippen LogP contribution is -2.59. The molecule has 2 aromatic carbocycles. The average Bonchev–Trinajstić information content (AvgIpc) is 3.73. The number of anilines is 1. The van der Waals surface area contributed by atoms with Gasteiger partial charge in [0.15, 0.2) is 0 Å². The van der Waals surface area contributed by atoms with Crippen LogP contribution in [0.5, 0.6) is 0 Å². The Morgan fingerprint density at radius 3 is 2.46 bits per heavy atom. The first-order valence-corrected chi connectivity index (χ1v) is 16.9. The maximum Gasteiger partial charge on any atom is 0.313 e. The van der Waals surface area contributed by atoms with Crippen LogP contribution in [0.4, 0.5) is 5.69 Å². The van der Waals surface area contributed by atoms with Crippen molar-refractivity contribution in [1.29, 1.82) is 0 Å². The van der Waals surface area contributed by atoms with Gasteiger partial charge in [-0.2, -0.15) is 0 Å². The van der Waals surface area contributed by atoms with Gasteiger partial charge in [0.25, 0.3) is 5.91 Å². The summed E-state index contributed by atoms with van der Waals surface area (Å²) in [4.78, 5) is 59.2. The minimum Gasteiger partial charge on any atom is -0.455 e. The van der Waals surface area contributed by atoms with Gasteiger partial charge in [-0.3, -0.25) is 19.2 Å². The van der Waals surface area contributed by atoms with Gasteiger partial charge >= 0.3 is 5.97 Å². The number of allylic oxidation sites excluding steroid dienone is 1. The lowest BCUT2D eigenvalue weighted by Gasteiger charge is -2.39. The van der Waals surface area contributed by atoms with Crippen LogP contribution in [0.15, 0.2) is 73.8 Å². The number of aryl methyl sites for hydroxylation is 2. The number of aliphatic hydroxyl groups excluding tert-OH is 1. The molecule has 2 N–H and O–H groups in total. The molecule has 0 aliphatic carbocycles. The van der Waals surface area contributed by atoms with Crippen molar-refractivity contribution in [2.75, 3.05) is 24.6 Å². The van der Waals surface area contributed by atoms with Gasteiger partial charge in [0, 0.05) is 18.7 Å². The maximum atomic E-state index is 14.9. The Morgan fingerprint density at radius 1 is 1.12 bits per heavy atom. The number of hydrogen-bond donors (Lipinski definition) is 2. The first-order chi connectivity index (χ1) is 23.1. The van der Waals surface area contributed by atoms with Gasteiger partial charge < -0.3 is 29.7 Å². The normalized spacial score (nSPS) is 25.2. The Morgan fingerprint density at radius 2 is 1.83 bits per heavy atom. The van der Waals surface area contributed by atoms with E-state index in [-0.39, 0.29) is 37.9 Å². The van der Waals surface area contributed by atoms with Crippen LogP contribution in [0.1, 0.15) is 61.8 Å². The van der Waals surface area contributed by atoms with E-state index in [1.54, 1.807) is 17.1 Å². The molecule has 0 unspecified atom stereocenters. The highest BCUT2D eigenvalue weighted by atomic mass is 16.6. The number of esters is 1. The fraction of sp³-hybridized carbons (Fsp3) is 0.474. The van der Waals surface area contributed by atoms with Crippen LogP contribution in [0, 0.1) is 25.7 Å². The van der Waals surface area contributed by atoms with E-state index in [9.17, 15) is 24.3 Å². The number of hydrogen-bond acceptors (Lipinski definition) is 7. The number of aliphatic hydroxyl groups is 1. The third-order valence-electron chi connectivity index (χ3n) is 10.1. The fourth-order valence-electron chi connectivity index (χ4n) is 7.89. The van der Waals surface area contributed by atoms with Crippen LogP contribution in [0.25, 0.3) is 0 Å². The van der Waals surface area contributed by atoms with Crippen LogP contribution >= 0.6 is 0 Å². The monoisotopic (exact) mass is 657 g/mol. The molecule has 3 saturated heterocycles. The second kappa shape index (κ2) is 14.9. The molecule has 2 aromatic rings. The summed E-state index contributed by atoms with van der Waals surface area (Å²) in [5, 5.41) is 13.3. The zero-order chi connectivity index (χ0) is 34.6. The van der Waals surface area contributed by atoms with Crippen LogP contribution in [0.2, 0.25) is 0 Å². The number of carbonyl (C=O) groups is 4. The van der Waals surface area contributed by atoms with Gasteiger partial charge in [0.05, 0.1) is 37.1 Å². The third-order valence-corrected chi connectivity index (χ3v) is 10.1. The van der Waals surface area contributed by atoms with Gasteiger partial charge in [-0.25, -0.2) is 0 Å². The first kappa shape index (κ1) is 35.0. The van der Waals surface area contributed by atoms with Crippen LogP contribution in [-0.4, -0.2) is 77.2 Å². The molecule has 3 aliphatic rings. The Bertz CT molecular complexity index is 1520. The predicted octanol–water partition coefficient (Wildman–Crippen LogP) is 4.33. The summed E-state index contributed by atoms with van der Waals surface area (Å²) in [5.41, 5.74) is 1.94. The van der Waals surface area contributed by atoms with Crippen molar-refractivity contribution < 1.29 is 33.8 Å². The summed E-state index contributed by atoms with van der Waals surface area (Å²) in [6.07, 6.45) is 3.94. The topological polar surface area (TPSA) is 125 Å². The van der Waals surface area contributed by atoms with E-state index in [1.807, 2.05) is 69.3 Å². The van der Waals surface area contributed by atoms with Gasteiger partial charge in [-0.15, -0.1) is 13.2 Å². The van der Waals surface area contributed by atoms with Crippen LogP contribution in [0.3, 0.4) is 0 Å². The molecule has 0 saturated carbocycles. The molecule has 5 rings (SSSR count). The molecule has 10 nitrogen and oxygen atoms in total. The first-order valence-electron chi connectivity index (χ1n) is 16.9. The quantitative estimate of drug-likeness (QED) is 0.216.